The average Bonchev–Trinajstić information content (AvgIpc) is 3.30. The van der Waals surface area contributed by atoms with Crippen LogP contribution in [0.25, 0.3) is 0 Å². The third-order valence-electron chi connectivity index (χ3n) is 11.1. The molecule has 0 aliphatic carbocycles. The van der Waals surface area contributed by atoms with E-state index in [0.717, 1.165) is 103 Å². The van der Waals surface area contributed by atoms with Crippen molar-refractivity contribution in [2.75, 3.05) is 13.2 Å². The Hall–Kier alpha value is -3.67. The van der Waals surface area contributed by atoms with Gasteiger partial charge in [0.1, 0.15) is 13.2 Å². The van der Waals surface area contributed by atoms with E-state index in [2.05, 4.69) is 106 Å². The molecule has 0 heterocycles. The van der Waals surface area contributed by atoms with E-state index in [0.29, 0.717) is 19.3 Å². The lowest BCUT2D eigenvalue weighted by Crippen LogP contribution is -2.30. The molecule has 0 unspecified atom stereocenters. The Balaban J connectivity index is 4.54. The van der Waals surface area contributed by atoms with Crippen molar-refractivity contribution in [3.63, 3.8) is 0 Å². The van der Waals surface area contributed by atoms with Gasteiger partial charge in [0.15, 0.2) is 6.10 Å². The van der Waals surface area contributed by atoms with Crippen LogP contribution in [-0.2, 0) is 28.6 Å². The molecule has 0 fully saturated rings. The average molecular weight is 903 g/mol. The number of allylic oxidation sites excluding steroid dienone is 16. The Morgan fingerprint density at radius 1 is 0.323 bits per heavy atom. The van der Waals surface area contributed by atoms with Crippen LogP contribution in [0.1, 0.15) is 239 Å². The second kappa shape index (κ2) is 52.9. The van der Waals surface area contributed by atoms with Gasteiger partial charge in [0.05, 0.1) is 0 Å². The Kier molecular flexibility index (Phi) is 50.0. The van der Waals surface area contributed by atoms with Crippen LogP contribution >= 0.6 is 0 Å². The van der Waals surface area contributed by atoms with E-state index in [1.165, 1.54) is 89.9 Å². The molecule has 0 bridgehead atoms. The summed E-state index contributed by atoms with van der Waals surface area (Å²) in [4.78, 5) is 38.0. The van der Waals surface area contributed by atoms with Gasteiger partial charge in [0.25, 0.3) is 0 Å². The molecule has 370 valence electrons. The van der Waals surface area contributed by atoms with Crippen molar-refractivity contribution in [1.29, 1.82) is 0 Å². The zero-order valence-corrected chi connectivity index (χ0v) is 42.2. The lowest BCUT2D eigenvalue weighted by molar-refractivity contribution is -0.166. The van der Waals surface area contributed by atoms with Crippen LogP contribution in [0, 0.1) is 0 Å². The molecule has 0 aliphatic heterocycles. The highest BCUT2D eigenvalue weighted by Crippen LogP contribution is 2.13. The van der Waals surface area contributed by atoms with Crippen LogP contribution < -0.4 is 0 Å². The summed E-state index contributed by atoms with van der Waals surface area (Å²) in [5.74, 6) is -1.02. The maximum absolute atomic E-state index is 12.8. The van der Waals surface area contributed by atoms with Gasteiger partial charge in [-0.05, 0) is 109 Å². The predicted octanol–water partition coefficient (Wildman–Crippen LogP) is 17.8. The summed E-state index contributed by atoms with van der Waals surface area (Å²) in [6.45, 7) is 6.42. The largest absolute Gasteiger partial charge is 0.462 e. The van der Waals surface area contributed by atoms with Gasteiger partial charge in [-0.15, -0.1) is 0 Å². The van der Waals surface area contributed by atoms with Crippen molar-refractivity contribution in [2.24, 2.45) is 0 Å². The van der Waals surface area contributed by atoms with Gasteiger partial charge in [-0.1, -0.05) is 208 Å². The van der Waals surface area contributed by atoms with E-state index < -0.39 is 12.1 Å². The van der Waals surface area contributed by atoms with Gasteiger partial charge in [-0.3, -0.25) is 14.4 Å². The maximum atomic E-state index is 12.8. The molecule has 0 aromatic heterocycles. The van der Waals surface area contributed by atoms with Crippen LogP contribution in [-0.4, -0.2) is 37.2 Å². The van der Waals surface area contributed by atoms with Crippen LogP contribution in [0.15, 0.2) is 97.2 Å². The van der Waals surface area contributed by atoms with Gasteiger partial charge in [0, 0.05) is 19.3 Å². The summed E-state index contributed by atoms with van der Waals surface area (Å²) in [6.07, 6.45) is 69.7. The fourth-order valence-electron chi connectivity index (χ4n) is 7.04. The van der Waals surface area contributed by atoms with Crippen molar-refractivity contribution in [3.05, 3.63) is 97.2 Å². The molecule has 0 spiro atoms. The van der Waals surface area contributed by atoms with Crippen LogP contribution in [0.5, 0.6) is 0 Å². The van der Waals surface area contributed by atoms with E-state index in [-0.39, 0.29) is 31.6 Å². The first-order valence-electron chi connectivity index (χ1n) is 26.7. The van der Waals surface area contributed by atoms with Crippen LogP contribution in [0.4, 0.5) is 0 Å². The van der Waals surface area contributed by atoms with Gasteiger partial charge >= 0.3 is 17.9 Å². The fraction of sp³-hybridized carbons (Fsp3) is 0.678. The second-order valence-corrected chi connectivity index (χ2v) is 17.4. The third-order valence-corrected chi connectivity index (χ3v) is 11.1. The Morgan fingerprint density at radius 3 is 1.02 bits per heavy atom. The molecule has 0 aliphatic rings. The molecule has 0 N–H and O–H groups in total. The third kappa shape index (κ3) is 51.2. The molecule has 1 atom stereocenters. The number of ether oxygens (including phenoxy) is 3. The summed E-state index contributed by atoms with van der Waals surface area (Å²) in [7, 11) is 0. The lowest BCUT2D eigenvalue weighted by Gasteiger charge is -2.18. The normalized spacial score (nSPS) is 12.8. The minimum atomic E-state index is -0.825. The van der Waals surface area contributed by atoms with Gasteiger partial charge in [-0.2, -0.15) is 0 Å². The molecule has 6 nitrogen and oxygen atoms in total. The van der Waals surface area contributed by atoms with Crippen molar-refractivity contribution < 1.29 is 28.6 Å². The topological polar surface area (TPSA) is 78.9 Å². The van der Waals surface area contributed by atoms with Crippen molar-refractivity contribution in [3.8, 4) is 0 Å². The zero-order chi connectivity index (χ0) is 47.2. The number of hydrogen-bond donors (Lipinski definition) is 0. The van der Waals surface area contributed by atoms with E-state index >= 15 is 0 Å². The minimum Gasteiger partial charge on any atom is -0.462 e. The zero-order valence-electron chi connectivity index (χ0n) is 42.2. The van der Waals surface area contributed by atoms with Gasteiger partial charge < -0.3 is 14.2 Å². The quantitative estimate of drug-likeness (QED) is 0.0262. The Bertz CT molecular complexity index is 1310. The molecular weight excluding hydrogens is 805 g/mol. The van der Waals surface area contributed by atoms with Gasteiger partial charge in [-0.25, -0.2) is 0 Å². The van der Waals surface area contributed by atoms with Crippen molar-refractivity contribution in [1.82, 2.24) is 0 Å². The van der Waals surface area contributed by atoms with E-state index in [9.17, 15) is 14.4 Å². The Morgan fingerprint density at radius 2 is 0.631 bits per heavy atom. The minimum absolute atomic E-state index is 0.115. The number of hydrogen-bond acceptors (Lipinski definition) is 6. The molecule has 0 saturated heterocycles. The SMILES string of the molecule is CC/C=C\C/C=C\C/C=C\C/C=C\C/C=C\C/C=C\CCC(=O)O[C@@H](COC(=O)CCCCCCC/C=C\CCCCCC)COC(=O)CCCCCCC/C=C\CCCCCCCC. The number of carbonyl (C=O) groups excluding carboxylic acids is 3. The summed E-state index contributed by atoms with van der Waals surface area (Å²) < 4.78 is 16.7. The Labute approximate surface area is 400 Å². The first-order valence-corrected chi connectivity index (χ1v) is 26.7. The number of carbonyl (C=O) groups is 3. The molecule has 0 rings (SSSR count). The molecule has 0 radical (unpaired) electrons. The van der Waals surface area contributed by atoms with Crippen LogP contribution in [0.3, 0.4) is 0 Å². The first-order chi connectivity index (χ1) is 32.0. The summed E-state index contributed by atoms with van der Waals surface area (Å²) >= 11 is 0. The summed E-state index contributed by atoms with van der Waals surface area (Å²) in [5.41, 5.74) is 0. The standard InChI is InChI=1S/C59H98O6/c1-4-7-10-13-16-19-22-25-27-28-29-30-32-35-38-41-44-47-50-53-59(62)65-56(54-63-57(60)51-48-45-42-39-36-33-24-21-18-15-12-9-6-3)55-64-58(61)52-49-46-43-40-37-34-31-26-23-20-17-14-11-8-5-2/h7,10,16,19,21,24-27,29-31,35,38,44,47,56H,4-6,8-9,11-15,17-18,20,22-23,28,32-34,36-37,39-43,45-46,48-55H2,1-3H3/b10-7-,19-16-,24-21-,27-25-,30-29-,31-26-,38-35-,47-44-/t56-/m0/s1. The summed E-state index contributed by atoms with van der Waals surface area (Å²) in [6, 6.07) is 0. The highest BCUT2D eigenvalue weighted by Gasteiger charge is 2.19. The lowest BCUT2D eigenvalue weighted by atomic mass is 10.1. The maximum Gasteiger partial charge on any atom is 0.306 e. The molecule has 0 saturated carbocycles. The van der Waals surface area contributed by atoms with Gasteiger partial charge in [0.2, 0.25) is 0 Å². The van der Waals surface area contributed by atoms with Crippen LogP contribution in [0.2, 0.25) is 0 Å². The molecule has 0 aromatic rings. The number of unbranched alkanes of at least 4 members (excludes halogenated alkanes) is 20. The summed E-state index contributed by atoms with van der Waals surface area (Å²) in [5, 5.41) is 0. The molecule has 6 heteroatoms. The highest BCUT2D eigenvalue weighted by molar-refractivity contribution is 5.71. The second-order valence-electron chi connectivity index (χ2n) is 17.4. The monoisotopic (exact) mass is 903 g/mol. The molecule has 0 amide bonds. The number of esters is 3. The highest BCUT2D eigenvalue weighted by atomic mass is 16.6. The number of rotatable bonds is 47. The smallest absolute Gasteiger partial charge is 0.306 e. The van der Waals surface area contributed by atoms with E-state index in [1.54, 1.807) is 0 Å². The predicted molar refractivity (Wildman–Crippen MR) is 279 cm³/mol. The molecule has 65 heavy (non-hydrogen) atoms. The van der Waals surface area contributed by atoms with E-state index in [1.807, 2.05) is 12.2 Å². The van der Waals surface area contributed by atoms with E-state index in [4.69, 9.17) is 14.2 Å². The molecular formula is C59H98O6. The molecule has 0 aromatic carbocycles. The fourth-order valence-corrected chi connectivity index (χ4v) is 7.04. The van der Waals surface area contributed by atoms with Crippen molar-refractivity contribution in [2.45, 2.75) is 245 Å². The first kappa shape index (κ1) is 61.3. The van der Waals surface area contributed by atoms with Crippen molar-refractivity contribution >= 4 is 17.9 Å².